The van der Waals surface area contributed by atoms with Gasteiger partial charge in [0.1, 0.15) is 10.4 Å². The van der Waals surface area contributed by atoms with Crippen LogP contribution in [0.15, 0.2) is 28.8 Å². The average molecular weight is 368 g/mol. The van der Waals surface area contributed by atoms with E-state index in [2.05, 4.69) is 20.6 Å². The van der Waals surface area contributed by atoms with E-state index < -0.39 is 11.7 Å². The summed E-state index contributed by atoms with van der Waals surface area (Å²) >= 11 is 1.11. The molecule has 0 atom stereocenters. The molecule has 2 N–H and O–H groups in total. The van der Waals surface area contributed by atoms with Crippen molar-refractivity contribution in [3.63, 3.8) is 0 Å². The maximum absolute atomic E-state index is 12.7. The average Bonchev–Trinajstić information content (AvgIpc) is 3.08. The number of nitrogens with zero attached hydrogens (tertiary/aromatic N) is 2. The fourth-order valence-corrected chi connectivity index (χ4v) is 2.88. The lowest BCUT2D eigenvalue weighted by molar-refractivity contribution is -0.137. The highest BCUT2D eigenvalue weighted by Crippen LogP contribution is 2.32. The van der Waals surface area contributed by atoms with Gasteiger partial charge in [0, 0.05) is 6.04 Å². The molecule has 0 bridgehead atoms. The van der Waals surface area contributed by atoms with Crippen LogP contribution in [-0.2, 0) is 6.18 Å². The van der Waals surface area contributed by atoms with Crippen molar-refractivity contribution in [2.75, 3.05) is 5.32 Å². The number of aromatic nitrogens is 2. The van der Waals surface area contributed by atoms with Gasteiger partial charge in [-0.3, -0.25) is 10.1 Å². The third-order valence-electron chi connectivity index (χ3n) is 3.57. The van der Waals surface area contributed by atoms with Crippen molar-refractivity contribution in [1.82, 2.24) is 15.3 Å². The summed E-state index contributed by atoms with van der Waals surface area (Å²) in [5.41, 5.74) is -0.493. The lowest BCUT2D eigenvalue weighted by atomic mass is 10.2. The summed E-state index contributed by atoms with van der Waals surface area (Å²) in [5, 5.41) is 5.98. The minimum Gasteiger partial charge on any atom is -0.423 e. The molecule has 3 aromatic rings. The molecule has 0 spiro atoms. The first-order valence-electron chi connectivity index (χ1n) is 7.40. The summed E-state index contributed by atoms with van der Waals surface area (Å²) in [6.07, 6.45) is -1.05. The Morgan fingerprint density at radius 3 is 2.84 bits per heavy atom. The van der Waals surface area contributed by atoms with E-state index in [4.69, 9.17) is 4.42 Å². The maximum atomic E-state index is 12.7. The quantitative estimate of drug-likeness (QED) is 0.729. The Kier molecular flexibility index (Phi) is 3.64. The fraction of sp³-hybridized carbons (Fsp3) is 0.267. The van der Waals surface area contributed by atoms with Crippen LogP contribution >= 0.6 is 11.3 Å². The van der Waals surface area contributed by atoms with Crippen LogP contribution in [-0.4, -0.2) is 21.9 Å². The van der Waals surface area contributed by atoms with E-state index in [1.807, 2.05) is 0 Å². The third kappa shape index (κ3) is 3.43. The van der Waals surface area contributed by atoms with Crippen molar-refractivity contribution >= 4 is 39.5 Å². The van der Waals surface area contributed by atoms with Crippen LogP contribution in [0.4, 0.5) is 24.3 Å². The molecule has 2 aromatic heterocycles. The molecule has 1 amide bonds. The normalized spacial score (nSPS) is 14.7. The Hall–Kier alpha value is -2.62. The minimum atomic E-state index is -4.44. The molecule has 0 saturated heterocycles. The van der Waals surface area contributed by atoms with Crippen LogP contribution in [0.1, 0.15) is 28.1 Å². The highest BCUT2D eigenvalue weighted by molar-refractivity contribution is 7.17. The van der Waals surface area contributed by atoms with Crippen molar-refractivity contribution in [2.24, 2.45) is 0 Å². The second-order valence-electron chi connectivity index (χ2n) is 5.60. The van der Waals surface area contributed by atoms with Gasteiger partial charge in [-0.25, -0.2) is 4.98 Å². The van der Waals surface area contributed by atoms with Crippen LogP contribution in [0.3, 0.4) is 0 Å². The monoisotopic (exact) mass is 368 g/mol. The van der Waals surface area contributed by atoms with Gasteiger partial charge in [-0.1, -0.05) is 11.3 Å². The van der Waals surface area contributed by atoms with Crippen molar-refractivity contribution in [3.05, 3.63) is 34.8 Å². The molecule has 4 rings (SSSR count). The summed E-state index contributed by atoms with van der Waals surface area (Å²) in [6.45, 7) is 0. The van der Waals surface area contributed by atoms with Crippen molar-refractivity contribution < 1.29 is 22.4 Å². The molecular formula is C15H11F3N4O2S. The van der Waals surface area contributed by atoms with E-state index in [9.17, 15) is 18.0 Å². The number of amides is 1. The van der Waals surface area contributed by atoms with Crippen molar-refractivity contribution in [2.45, 2.75) is 25.1 Å². The number of hydrogen-bond acceptors (Lipinski definition) is 6. The molecule has 0 aliphatic heterocycles. The molecule has 1 saturated carbocycles. The summed E-state index contributed by atoms with van der Waals surface area (Å²) in [5.74, 6) is -0.194. The third-order valence-corrected chi connectivity index (χ3v) is 4.48. The predicted octanol–water partition coefficient (Wildman–Crippen LogP) is 3.94. The lowest BCUT2D eigenvalue weighted by Crippen LogP contribution is -2.24. The smallest absolute Gasteiger partial charge is 0.416 e. The van der Waals surface area contributed by atoms with Gasteiger partial charge in [0.25, 0.3) is 5.91 Å². The Morgan fingerprint density at radius 1 is 1.32 bits per heavy atom. The van der Waals surface area contributed by atoms with E-state index in [1.165, 1.54) is 12.3 Å². The zero-order valence-electron chi connectivity index (χ0n) is 12.6. The van der Waals surface area contributed by atoms with Crippen LogP contribution in [0, 0.1) is 0 Å². The van der Waals surface area contributed by atoms with Crippen molar-refractivity contribution in [3.8, 4) is 0 Å². The zero-order valence-corrected chi connectivity index (χ0v) is 13.4. The molecule has 25 heavy (non-hydrogen) atoms. The number of hydrogen-bond donors (Lipinski definition) is 2. The number of thiazole rings is 1. The molecule has 0 radical (unpaired) electrons. The number of carbonyl (C=O) groups is 1. The number of rotatable bonds is 4. The van der Waals surface area contributed by atoms with Gasteiger partial charge in [0.05, 0.1) is 11.8 Å². The number of nitrogens with one attached hydrogen (secondary N) is 2. The standard InChI is InChI=1S/C15H11F3N4O2S/c16-15(17,18)7-1-4-10-9(5-7)21-13(24-10)22-14-19-6-11(25-14)12(23)20-8-2-3-8/h1,4-6,8H,2-3H2,(H,20,23)(H,19,21,22). The van der Waals surface area contributed by atoms with E-state index in [0.29, 0.717) is 10.0 Å². The predicted molar refractivity (Wildman–Crippen MR) is 84.9 cm³/mol. The fourth-order valence-electron chi connectivity index (χ4n) is 2.17. The summed E-state index contributed by atoms with van der Waals surface area (Å²) < 4.78 is 43.5. The first kappa shape index (κ1) is 15.9. The van der Waals surface area contributed by atoms with Crippen LogP contribution in [0.2, 0.25) is 0 Å². The lowest BCUT2D eigenvalue weighted by Gasteiger charge is -2.04. The summed E-state index contributed by atoms with van der Waals surface area (Å²) in [6, 6.07) is 3.32. The first-order chi connectivity index (χ1) is 11.9. The highest BCUT2D eigenvalue weighted by atomic mass is 32.1. The molecular weight excluding hydrogens is 357 g/mol. The second-order valence-corrected chi connectivity index (χ2v) is 6.63. The van der Waals surface area contributed by atoms with E-state index in [0.717, 1.165) is 36.3 Å². The number of anilines is 2. The number of halogens is 3. The molecule has 130 valence electrons. The molecule has 2 heterocycles. The molecule has 1 aromatic carbocycles. The molecule has 1 aliphatic carbocycles. The number of benzene rings is 1. The SMILES string of the molecule is O=C(NC1CC1)c1cnc(Nc2nc3cc(C(F)(F)F)ccc3o2)s1. The van der Waals surface area contributed by atoms with E-state index >= 15 is 0 Å². The number of oxazole rings is 1. The van der Waals surface area contributed by atoms with Gasteiger partial charge < -0.3 is 9.73 Å². The van der Waals surface area contributed by atoms with Gasteiger partial charge in [0.15, 0.2) is 10.7 Å². The van der Waals surface area contributed by atoms with Gasteiger partial charge >= 0.3 is 12.2 Å². The number of fused-ring (bicyclic) bond motifs is 1. The minimum absolute atomic E-state index is 0.0119. The molecule has 6 nitrogen and oxygen atoms in total. The molecule has 0 unspecified atom stereocenters. The number of alkyl halides is 3. The van der Waals surface area contributed by atoms with Gasteiger partial charge in [-0.05, 0) is 31.0 Å². The molecule has 1 aliphatic rings. The van der Waals surface area contributed by atoms with Crippen LogP contribution in [0.25, 0.3) is 11.1 Å². The summed E-state index contributed by atoms with van der Waals surface area (Å²) in [4.78, 5) is 20.4. The maximum Gasteiger partial charge on any atom is 0.416 e. The summed E-state index contributed by atoms with van der Waals surface area (Å²) in [7, 11) is 0. The largest absolute Gasteiger partial charge is 0.423 e. The Labute approximate surface area is 143 Å². The second kappa shape index (κ2) is 5.73. The molecule has 10 heteroatoms. The molecule has 1 fully saturated rings. The Morgan fingerprint density at radius 2 is 2.12 bits per heavy atom. The Balaban J connectivity index is 1.52. The Bertz CT molecular complexity index is 946. The highest BCUT2D eigenvalue weighted by Gasteiger charge is 2.31. The van der Waals surface area contributed by atoms with Gasteiger partial charge in [-0.15, -0.1) is 0 Å². The number of carbonyl (C=O) groups excluding carboxylic acids is 1. The zero-order chi connectivity index (χ0) is 17.6. The van der Waals surface area contributed by atoms with E-state index in [1.54, 1.807) is 0 Å². The van der Waals surface area contributed by atoms with Crippen molar-refractivity contribution in [1.29, 1.82) is 0 Å². The van der Waals surface area contributed by atoms with Gasteiger partial charge in [-0.2, -0.15) is 18.2 Å². The first-order valence-corrected chi connectivity index (χ1v) is 8.21. The van der Waals surface area contributed by atoms with Gasteiger partial charge in [0.2, 0.25) is 0 Å². The topological polar surface area (TPSA) is 80.0 Å². The van der Waals surface area contributed by atoms with Crippen LogP contribution < -0.4 is 10.6 Å². The van der Waals surface area contributed by atoms with E-state index in [-0.39, 0.29) is 29.1 Å². The van der Waals surface area contributed by atoms with Crippen LogP contribution in [0.5, 0.6) is 0 Å².